The van der Waals surface area contributed by atoms with Crippen LogP contribution in [0.1, 0.15) is 0 Å². The number of aromatic nitrogens is 4. The van der Waals surface area contributed by atoms with Crippen LogP contribution in [0, 0.1) is 0 Å². The topological polar surface area (TPSA) is 173 Å². The summed E-state index contributed by atoms with van der Waals surface area (Å²) >= 11 is 0. The minimum atomic E-state index is -3.67. The summed E-state index contributed by atoms with van der Waals surface area (Å²) in [6, 6.07) is 0. The van der Waals surface area contributed by atoms with Gasteiger partial charge in [-0.3, -0.25) is 18.9 Å². The van der Waals surface area contributed by atoms with Gasteiger partial charge < -0.3 is 15.6 Å². The molecule has 2 rings (SSSR count). The van der Waals surface area contributed by atoms with E-state index in [1.165, 1.54) is 10.9 Å². The first kappa shape index (κ1) is 17.0. The molecule has 2 heterocycles. The lowest BCUT2D eigenvalue weighted by Gasteiger charge is -2.03. The number of anilines is 1. The third kappa shape index (κ3) is 5.86. The molecule has 0 radical (unpaired) electrons. The highest BCUT2D eigenvalue weighted by molar-refractivity contribution is 7.85. The lowest BCUT2D eigenvalue weighted by Crippen LogP contribution is -2.13. The summed E-state index contributed by atoms with van der Waals surface area (Å²) in [6.07, 6.45) is 2.15. The van der Waals surface area contributed by atoms with Gasteiger partial charge in [0, 0.05) is 0 Å². The van der Waals surface area contributed by atoms with Gasteiger partial charge in [0.15, 0.2) is 11.2 Å². The summed E-state index contributed by atoms with van der Waals surface area (Å²) in [7, 11) is -3.67. The Kier molecular flexibility index (Phi) is 5.78. The summed E-state index contributed by atoms with van der Waals surface area (Å²) in [4.78, 5) is 21.6. The molecule has 12 heteroatoms. The molecular weight excluding hydrogens is 306 g/mol. The standard InChI is InChI=1S/C8H11N5O3.CH4O3S/c9-8-11-6-5(7(15)12-8)10-3-13(6)4-16-2-1-14;1-5(2,3)4/h3,14H,1-2,4H2,(H3,9,11,12,15);1H3,(H,2,3,4). The number of rotatable bonds is 4. The molecule has 21 heavy (non-hydrogen) atoms. The van der Waals surface area contributed by atoms with Crippen LogP contribution in [-0.2, 0) is 21.6 Å². The first-order valence-electron chi connectivity index (χ1n) is 5.54. The van der Waals surface area contributed by atoms with Crippen molar-refractivity contribution in [1.29, 1.82) is 0 Å². The maximum absolute atomic E-state index is 11.4. The third-order valence-electron chi connectivity index (χ3n) is 1.96. The van der Waals surface area contributed by atoms with Gasteiger partial charge in [-0.25, -0.2) is 4.98 Å². The molecule has 11 nitrogen and oxygen atoms in total. The average molecular weight is 321 g/mol. The van der Waals surface area contributed by atoms with Gasteiger partial charge in [0.05, 0.1) is 25.8 Å². The van der Waals surface area contributed by atoms with Crippen LogP contribution in [0.5, 0.6) is 0 Å². The van der Waals surface area contributed by atoms with Crippen molar-refractivity contribution in [3.63, 3.8) is 0 Å². The van der Waals surface area contributed by atoms with Crippen LogP contribution in [-0.4, -0.2) is 57.1 Å². The van der Waals surface area contributed by atoms with E-state index in [1.54, 1.807) is 0 Å². The number of fused-ring (bicyclic) bond motifs is 1. The smallest absolute Gasteiger partial charge is 0.280 e. The number of aromatic amines is 1. The van der Waals surface area contributed by atoms with Gasteiger partial charge in [0.2, 0.25) is 5.95 Å². The van der Waals surface area contributed by atoms with Crippen LogP contribution in [0.3, 0.4) is 0 Å². The summed E-state index contributed by atoms with van der Waals surface area (Å²) in [6.45, 7) is 0.300. The predicted molar refractivity (Wildman–Crippen MR) is 73.1 cm³/mol. The van der Waals surface area contributed by atoms with Crippen LogP contribution < -0.4 is 11.3 Å². The van der Waals surface area contributed by atoms with Crippen molar-refractivity contribution in [2.24, 2.45) is 0 Å². The largest absolute Gasteiger partial charge is 0.394 e. The molecular formula is C9H15N5O6S. The normalized spacial score (nSPS) is 11.2. The molecule has 0 aromatic carbocycles. The molecule has 0 atom stereocenters. The van der Waals surface area contributed by atoms with Crippen molar-refractivity contribution >= 4 is 27.2 Å². The molecule has 0 spiro atoms. The van der Waals surface area contributed by atoms with Crippen LogP contribution in [0.4, 0.5) is 5.95 Å². The second-order valence-electron chi connectivity index (χ2n) is 3.83. The van der Waals surface area contributed by atoms with Gasteiger partial charge in [-0.05, 0) is 0 Å². The lowest BCUT2D eigenvalue weighted by molar-refractivity contribution is 0.0499. The molecule has 0 aliphatic carbocycles. The Morgan fingerprint density at radius 2 is 2.14 bits per heavy atom. The third-order valence-corrected chi connectivity index (χ3v) is 1.96. The maximum Gasteiger partial charge on any atom is 0.280 e. The molecule has 118 valence electrons. The number of hydrogen-bond donors (Lipinski definition) is 4. The maximum atomic E-state index is 11.4. The highest BCUT2D eigenvalue weighted by Gasteiger charge is 2.08. The zero-order chi connectivity index (χ0) is 16.0. The number of nitrogen functional groups attached to an aromatic ring is 1. The minimum absolute atomic E-state index is 0.0291. The summed E-state index contributed by atoms with van der Waals surface area (Å²) < 4.78 is 32.5. The van der Waals surface area contributed by atoms with E-state index >= 15 is 0 Å². The van der Waals surface area contributed by atoms with E-state index in [0.717, 1.165) is 0 Å². The number of aliphatic hydroxyl groups is 1. The molecule has 0 aliphatic heterocycles. The fourth-order valence-electron chi connectivity index (χ4n) is 1.29. The van der Waals surface area contributed by atoms with Gasteiger partial charge in [0.25, 0.3) is 15.7 Å². The van der Waals surface area contributed by atoms with E-state index in [4.69, 9.17) is 20.1 Å². The van der Waals surface area contributed by atoms with Crippen molar-refractivity contribution < 1.29 is 22.8 Å². The fraction of sp³-hybridized carbons (Fsp3) is 0.444. The Morgan fingerprint density at radius 1 is 1.52 bits per heavy atom. The second kappa shape index (κ2) is 7.12. The SMILES string of the molecule is CS(=O)(=O)O.Nc1nc2c(ncn2COCCO)c(=O)[nH]1. The van der Waals surface area contributed by atoms with Gasteiger partial charge in [-0.15, -0.1) is 0 Å². The fourth-order valence-corrected chi connectivity index (χ4v) is 1.29. The highest BCUT2D eigenvalue weighted by Crippen LogP contribution is 2.05. The van der Waals surface area contributed by atoms with Gasteiger partial charge in [-0.1, -0.05) is 0 Å². The number of nitrogens with zero attached hydrogens (tertiary/aromatic N) is 3. The van der Waals surface area contributed by atoms with Gasteiger partial charge in [0.1, 0.15) is 6.73 Å². The number of ether oxygens (including phenoxy) is 1. The Morgan fingerprint density at radius 3 is 2.71 bits per heavy atom. The van der Waals surface area contributed by atoms with Crippen LogP contribution >= 0.6 is 0 Å². The van der Waals surface area contributed by atoms with Crippen molar-refractivity contribution in [2.75, 3.05) is 25.2 Å². The molecule has 2 aromatic heterocycles. The van der Waals surface area contributed by atoms with Crippen molar-refractivity contribution in [3.05, 3.63) is 16.7 Å². The van der Waals surface area contributed by atoms with E-state index in [-0.39, 0.29) is 37.0 Å². The van der Waals surface area contributed by atoms with Crippen molar-refractivity contribution in [2.45, 2.75) is 6.73 Å². The van der Waals surface area contributed by atoms with Crippen molar-refractivity contribution in [1.82, 2.24) is 19.5 Å². The van der Waals surface area contributed by atoms with Gasteiger partial charge >= 0.3 is 0 Å². The Hall–Kier alpha value is -2.02. The molecule has 0 saturated carbocycles. The monoisotopic (exact) mass is 321 g/mol. The Bertz CT molecular complexity index is 744. The van der Waals surface area contributed by atoms with Crippen LogP contribution in [0.15, 0.2) is 11.1 Å². The molecule has 0 amide bonds. The zero-order valence-electron chi connectivity index (χ0n) is 11.1. The van der Waals surface area contributed by atoms with Crippen LogP contribution in [0.25, 0.3) is 11.2 Å². The van der Waals surface area contributed by atoms with E-state index < -0.39 is 10.1 Å². The first-order chi connectivity index (χ1) is 9.72. The predicted octanol–water partition coefficient (Wildman–Crippen LogP) is -1.83. The van der Waals surface area contributed by atoms with Gasteiger partial charge in [-0.2, -0.15) is 13.4 Å². The Labute approximate surface area is 119 Å². The highest BCUT2D eigenvalue weighted by atomic mass is 32.2. The second-order valence-corrected chi connectivity index (χ2v) is 5.30. The average Bonchev–Trinajstić information content (AvgIpc) is 2.71. The molecule has 5 N–H and O–H groups in total. The van der Waals surface area contributed by atoms with E-state index in [9.17, 15) is 13.2 Å². The van der Waals surface area contributed by atoms with E-state index in [2.05, 4.69) is 15.0 Å². The molecule has 0 fully saturated rings. The quantitative estimate of drug-likeness (QED) is 0.373. The zero-order valence-corrected chi connectivity index (χ0v) is 11.9. The number of H-pyrrole nitrogens is 1. The lowest BCUT2D eigenvalue weighted by atomic mass is 10.5. The molecule has 2 aromatic rings. The minimum Gasteiger partial charge on any atom is -0.394 e. The van der Waals surface area contributed by atoms with Crippen LogP contribution in [0.2, 0.25) is 0 Å². The first-order valence-corrected chi connectivity index (χ1v) is 7.39. The van der Waals surface area contributed by atoms with E-state index in [0.29, 0.717) is 11.9 Å². The number of aliphatic hydroxyl groups excluding tert-OH is 1. The number of hydrogen-bond acceptors (Lipinski definition) is 8. The van der Waals surface area contributed by atoms with E-state index in [1.807, 2.05) is 0 Å². The summed E-state index contributed by atoms with van der Waals surface area (Å²) in [5, 5.41) is 8.56. The number of nitrogens with two attached hydrogens (primary N) is 1. The molecule has 0 aliphatic rings. The molecule has 0 unspecified atom stereocenters. The Balaban J connectivity index is 0.000000383. The molecule has 0 saturated heterocycles. The molecule has 0 bridgehead atoms. The number of nitrogens with one attached hydrogen (secondary N) is 1. The number of imidazole rings is 1. The summed E-state index contributed by atoms with van der Waals surface area (Å²) in [5.41, 5.74) is 5.60. The summed E-state index contributed by atoms with van der Waals surface area (Å²) in [5.74, 6) is 0.0291. The van der Waals surface area contributed by atoms with Crippen molar-refractivity contribution in [3.8, 4) is 0 Å².